The van der Waals surface area contributed by atoms with Crippen molar-refractivity contribution in [3.8, 4) is 0 Å². The molecule has 1 rings (SSSR count). The average Bonchev–Trinajstić information content (AvgIpc) is 2.35. The molecule has 0 saturated heterocycles. The van der Waals surface area contributed by atoms with Crippen molar-refractivity contribution in [3.63, 3.8) is 0 Å². The van der Waals surface area contributed by atoms with Crippen LogP contribution in [0.15, 0.2) is 18.2 Å². The van der Waals surface area contributed by atoms with E-state index in [1.54, 1.807) is 0 Å². The number of aliphatic hydroxyl groups is 1. The molecule has 0 fully saturated rings. The van der Waals surface area contributed by atoms with E-state index in [0.717, 1.165) is 22.8 Å². The van der Waals surface area contributed by atoms with Gasteiger partial charge in [-0.05, 0) is 38.0 Å². The van der Waals surface area contributed by atoms with Crippen LogP contribution < -0.4 is 4.90 Å². The van der Waals surface area contributed by atoms with Crippen molar-refractivity contribution in [1.29, 1.82) is 0 Å². The van der Waals surface area contributed by atoms with Gasteiger partial charge in [-0.25, -0.2) is 0 Å². The maximum absolute atomic E-state index is 9.10. The number of rotatable bonds is 7. The Hall–Kier alpha value is -0.730. The Morgan fingerprint density at radius 2 is 2.00 bits per heavy atom. The molecule has 18 heavy (non-hydrogen) atoms. The second-order valence-electron chi connectivity index (χ2n) is 4.94. The van der Waals surface area contributed by atoms with E-state index in [1.807, 2.05) is 18.2 Å². The van der Waals surface area contributed by atoms with Gasteiger partial charge in [-0.15, -0.1) is 0 Å². The van der Waals surface area contributed by atoms with Crippen molar-refractivity contribution in [1.82, 2.24) is 0 Å². The summed E-state index contributed by atoms with van der Waals surface area (Å²) in [6.07, 6.45) is 3.66. The van der Waals surface area contributed by atoms with E-state index < -0.39 is 0 Å². The van der Waals surface area contributed by atoms with Crippen LogP contribution in [0.2, 0.25) is 5.02 Å². The molecule has 0 heterocycles. The van der Waals surface area contributed by atoms with Crippen molar-refractivity contribution < 1.29 is 5.11 Å². The first kappa shape index (κ1) is 15.3. The number of hydrogen-bond donors (Lipinski definition) is 1. The van der Waals surface area contributed by atoms with Gasteiger partial charge in [0.1, 0.15) is 0 Å². The summed E-state index contributed by atoms with van der Waals surface area (Å²) in [4.78, 5) is 2.33. The van der Waals surface area contributed by atoms with Gasteiger partial charge in [0.2, 0.25) is 0 Å². The van der Waals surface area contributed by atoms with Crippen LogP contribution in [-0.4, -0.2) is 17.7 Å². The van der Waals surface area contributed by atoms with Gasteiger partial charge in [-0.3, -0.25) is 0 Å². The third kappa shape index (κ3) is 4.18. The fraction of sp³-hybridized carbons (Fsp3) is 0.600. The Balaban J connectivity index is 2.84. The maximum atomic E-state index is 9.10. The number of nitrogens with zero attached hydrogens (tertiary/aromatic N) is 1. The zero-order valence-corrected chi connectivity index (χ0v) is 12.4. The van der Waals surface area contributed by atoms with Gasteiger partial charge in [-0.1, -0.05) is 37.4 Å². The second-order valence-corrected chi connectivity index (χ2v) is 5.35. The molecule has 0 aromatic heterocycles. The molecular weight excluding hydrogens is 246 g/mol. The van der Waals surface area contributed by atoms with E-state index in [0.29, 0.717) is 6.04 Å². The molecule has 0 bridgehead atoms. The van der Waals surface area contributed by atoms with Gasteiger partial charge in [0.15, 0.2) is 0 Å². The predicted molar refractivity (Wildman–Crippen MR) is 79.4 cm³/mol. The van der Waals surface area contributed by atoms with Gasteiger partial charge < -0.3 is 10.0 Å². The Morgan fingerprint density at radius 1 is 1.28 bits per heavy atom. The Labute approximate surface area is 116 Å². The van der Waals surface area contributed by atoms with Crippen molar-refractivity contribution in [2.24, 2.45) is 0 Å². The minimum Gasteiger partial charge on any atom is -0.392 e. The standard InChI is InChI=1S/C15H24ClNO/c1-4-5-6-9-17(12(2)3)15-8-7-13(11-18)10-14(15)16/h7-8,10,12,18H,4-6,9,11H2,1-3H3. The van der Waals surface area contributed by atoms with Crippen LogP contribution in [0.5, 0.6) is 0 Å². The van der Waals surface area contributed by atoms with Crippen LogP contribution >= 0.6 is 11.6 Å². The SMILES string of the molecule is CCCCCN(c1ccc(CO)cc1Cl)C(C)C. The summed E-state index contributed by atoms with van der Waals surface area (Å²) in [5, 5.41) is 9.83. The summed E-state index contributed by atoms with van der Waals surface area (Å²) in [5.74, 6) is 0. The highest BCUT2D eigenvalue weighted by molar-refractivity contribution is 6.33. The van der Waals surface area contributed by atoms with Crippen LogP contribution in [0.25, 0.3) is 0 Å². The monoisotopic (exact) mass is 269 g/mol. The van der Waals surface area contributed by atoms with E-state index in [-0.39, 0.29) is 6.61 Å². The summed E-state index contributed by atoms with van der Waals surface area (Å²) in [6, 6.07) is 6.24. The van der Waals surface area contributed by atoms with Crippen molar-refractivity contribution in [3.05, 3.63) is 28.8 Å². The van der Waals surface area contributed by atoms with E-state index >= 15 is 0 Å². The smallest absolute Gasteiger partial charge is 0.0682 e. The van der Waals surface area contributed by atoms with Crippen LogP contribution in [0.3, 0.4) is 0 Å². The third-order valence-electron chi connectivity index (χ3n) is 3.13. The Bertz CT molecular complexity index is 366. The molecule has 1 aromatic carbocycles. The largest absolute Gasteiger partial charge is 0.392 e. The molecule has 0 aliphatic heterocycles. The highest BCUT2D eigenvalue weighted by Crippen LogP contribution is 2.28. The van der Waals surface area contributed by atoms with E-state index in [4.69, 9.17) is 16.7 Å². The van der Waals surface area contributed by atoms with E-state index in [1.165, 1.54) is 19.3 Å². The van der Waals surface area contributed by atoms with Crippen LogP contribution in [0, 0.1) is 0 Å². The molecule has 3 heteroatoms. The number of hydrogen-bond acceptors (Lipinski definition) is 2. The molecule has 102 valence electrons. The van der Waals surface area contributed by atoms with Gasteiger partial charge in [0, 0.05) is 12.6 Å². The molecule has 0 amide bonds. The topological polar surface area (TPSA) is 23.5 Å². The lowest BCUT2D eigenvalue weighted by atomic mass is 10.1. The first-order valence-electron chi connectivity index (χ1n) is 6.76. The average molecular weight is 270 g/mol. The zero-order chi connectivity index (χ0) is 13.5. The predicted octanol–water partition coefficient (Wildman–Crippen LogP) is 4.24. The maximum Gasteiger partial charge on any atom is 0.0682 e. The fourth-order valence-electron chi connectivity index (χ4n) is 2.07. The molecule has 1 aromatic rings. The molecule has 0 atom stereocenters. The van der Waals surface area contributed by atoms with Gasteiger partial charge in [0.25, 0.3) is 0 Å². The number of aliphatic hydroxyl groups excluding tert-OH is 1. The second kappa shape index (κ2) is 7.65. The van der Waals surface area contributed by atoms with Gasteiger partial charge in [-0.2, -0.15) is 0 Å². The lowest BCUT2D eigenvalue weighted by Crippen LogP contribution is -2.32. The van der Waals surface area contributed by atoms with E-state index in [2.05, 4.69) is 25.7 Å². The lowest BCUT2D eigenvalue weighted by molar-refractivity contribution is 0.282. The van der Waals surface area contributed by atoms with Crippen molar-refractivity contribution in [2.75, 3.05) is 11.4 Å². The first-order valence-corrected chi connectivity index (χ1v) is 7.13. The van der Waals surface area contributed by atoms with Crippen molar-refractivity contribution in [2.45, 2.75) is 52.7 Å². The highest BCUT2D eigenvalue weighted by Gasteiger charge is 2.13. The number of anilines is 1. The minimum atomic E-state index is 0.0392. The fourth-order valence-corrected chi connectivity index (χ4v) is 2.38. The summed E-state index contributed by atoms with van der Waals surface area (Å²) in [5.41, 5.74) is 1.93. The summed E-state index contributed by atoms with van der Waals surface area (Å²) in [7, 11) is 0. The van der Waals surface area contributed by atoms with Crippen LogP contribution in [0.1, 0.15) is 45.6 Å². The number of halogens is 1. The van der Waals surface area contributed by atoms with Crippen LogP contribution in [0.4, 0.5) is 5.69 Å². The molecule has 0 aliphatic rings. The molecule has 0 spiro atoms. The zero-order valence-electron chi connectivity index (χ0n) is 11.6. The minimum absolute atomic E-state index is 0.0392. The molecule has 0 aliphatic carbocycles. The van der Waals surface area contributed by atoms with Crippen LogP contribution in [-0.2, 0) is 6.61 Å². The number of unbranched alkanes of at least 4 members (excludes halogenated alkanes) is 2. The molecule has 0 radical (unpaired) electrons. The molecule has 1 N–H and O–H groups in total. The van der Waals surface area contributed by atoms with Gasteiger partial charge in [0.05, 0.1) is 17.3 Å². The lowest BCUT2D eigenvalue weighted by Gasteiger charge is -2.30. The molecule has 0 unspecified atom stereocenters. The summed E-state index contributed by atoms with van der Waals surface area (Å²) < 4.78 is 0. The van der Waals surface area contributed by atoms with Crippen molar-refractivity contribution >= 4 is 17.3 Å². The summed E-state index contributed by atoms with van der Waals surface area (Å²) in [6.45, 7) is 7.65. The Kier molecular flexibility index (Phi) is 6.51. The normalized spacial score (nSPS) is 11.0. The Morgan fingerprint density at radius 3 is 2.50 bits per heavy atom. The highest BCUT2D eigenvalue weighted by atomic mass is 35.5. The van der Waals surface area contributed by atoms with E-state index in [9.17, 15) is 0 Å². The molecular formula is C15H24ClNO. The third-order valence-corrected chi connectivity index (χ3v) is 3.43. The first-order chi connectivity index (χ1) is 8.60. The number of benzene rings is 1. The molecule has 2 nitrogen and oxygen atoms in total. The summed E-state index contributed by atoms with van der Waals surface area (Å²) >= 11 is 6.31. The van der Waals surface area contributed by atoms with Gasteiger partial charge >= 0.3 is 0 Å². The quantitative estimate of drug-likeness (QED) is 0.749. The molecule has 0 saturated carbocycles.